The van der Waals surface area contributed by atoms with Crippen LogP contribution in [-0.4, -0.2) is 43.3 Å². The van der Waals surface area contributed by atoms with Gasteiger partial charge in [-0.2, -0.15) is 5.10 Å². The van der Waals surface area contributed by atoms with E-state index in [2.05, 4.69) is 16.6 Å². The van der Waals surface area contributed by atoms with Gasteiger partial charge in [-0.1, -0.05) is 0 Å². The molecule has 0 aliphatic carbocycles. The van der Waals surface area contributed by atoms with E-state index < -0.39 is 0 Å². The van der Waals surface area contributed by atoms with E-state index >= 15 is 0 Å². The van der Waals surface area contributed by atoms with Crippen molar-refractivity contribution in [3.8, 4) is 0 Å². The smallest absolute Gasteiger partial charge is 0.0753 e. The van der Waals surface area contributed by atoms with Crippen LogP contribution in [0.1, 0.15) is 24.4 Å². The molecule has 0 spiro atoms. The molecule has 5 heteroatoms. The highest BCUT2D eigenvalue weighted by Crippen LogP contribution is 2.18. The Hall–Kier alpha value is -0.910. The van der Waals surface area contributed by atoms with Gasteiger partial charge in [0.15, 0.2) is 0 Å². The fourth-order valence-electron chi connectivity index (χ4n) is 2.01. The van der Waals surface area contributed by atoms with Gasteiger partial charge >= 0.3 is 0 Å². The predicted molar refractivity (Wildman–Crippen MR) is 64.9 cm³/mol. The third-order valence-corrected chi connectivity index (χ3v) is 2.98. The van der Waals surface area contributed by atoms with Crippen molar-refractivity contribution in [1.29, 1.82) is 0 Å². The van der Waals surface area contributed by atoms with Crippen LogP contribution in [0.4, 0.5) is 0 Å². The summed E-state index contributed by atoms with van der Waals surface area (Å²) >= 11 is 0. The SMILES string of the molecule is COCCNCc1cnn(C2CCCOC2)c1. The second-order valence-electron chi connectivity index (χ2n) is 4.37. The van der Waals surface area contributed by atoms with Crippen molar-refractivity contribution in [2.24, 2.45) is 0 Å². The molecule has 1 unspecified atom stereocenters. The second-order valence-corrected chi connectivity index (χ2v) is 4.37. The Labute approximate surface area is 102 Å². The molecule has 0 bridgehead atoms. The highest BCUT2D eigenvalue weighted by atomic mass is 16.5. The molecule has 1 saturated heterocycles. The largest absolute Gasteiger partial charge is 0.383 e. The highest BCUT2D eigenvalue weighted by Gasteiger charge is 2.16. The first kappa shape index (κ1) is 12.5. The zero-order valence-electron chi connectivity index (χ0n) is 10.4. The molecular formula is C12H21N3O2. The van der Waals surface area contributed by atoms with Gasteiger partial charge in [-0.05, 0) is 12.8 Å². The summed E-state index contributed by atoms with van der Waals surface area (Å²) in [5, 5.41) is 7.71. The molecule has 1 aliphatic rings. The van der Waals surface area contributed by atoms with Crippen molar-refractivity contribution in [2.75, 3.05) is 33.5 Å². The highest BCUT2D eigenvalue weighted by molar-refractivity contribution is 5.04. The summed E-state index contributed by atoms with van der Waals surface area (Å²) in [7, 11) is 1.71. The molecule has 0 saturated carbocycles. The molecule has 1 aromatic heterocycles. The van der Waals surface area contributed by atoms with E-state index in [-0.39, 0.29) is 0 Å². The van der Waals surface area contributed by atoms with E-state index in [0.717, 1.165) is 45.8 Å². The van der Waals surface area contributed by atoms with E-state index in [9.17, 15) is 0 Å². The summed E-state index contributed by atoms with van der Waals surface area (Å²) in [5.74, 6) is 0. The number of nitrogens with zero attached hydrogens (tertiary/aromatic N) is 2. The molecule has 5 nitrogen and oxygen atoms in total. The maximum atomic E-state index is 5.47. The van der Waals surface area contributed by atoms with Crippen molar-refractivity contribution in [2.45, 2.75) is 25.4 Å². The zero-order chi connectivity index (χ0) is 11.9. The topological polar surface area (TPSA) is 48.3 Å². The molecule has 1 fully saturated rings. The fourth-order valence-corrected chi connectivity index (χ4v) is 2.01. The number of aromatic nitrogens is 2. The molecule has 2 heterocycles. The van der Waals surface area contributed by atoms with Gasteiger partial charge in [0.25, 0.3) is 0 Å². The summed E-state index contributed by atoms with van der Waals surface area (Å²) in [6.45, 7) is 4.14. The number of rotatable bonds is 6. The molecule has 2 rings (SSSR count). The lowest BCUT2D eigenvalue weighted by Gasteiger charge is -2.22. The van der Waals surface area contributed by atoms with Gasteiger partial charge in [0.2, 0.25) is 0 Å². The molecule has 0 aromatic carbocycles. The van der Waals surface area contributed by atoms with Gasteiger partial charge in [-0.3, -0.25) is 4.68 Å². The monoisotopic (exact) mass is 239 g/mol. The predicted octanol–water partition coefficient (Wildman–Crippen LogP) is 0.971. The number of hydrogen-bond donors (Lipinski definition) is 1. The summed E-state index contributed by atoms with van der Waals surface area (Å²) in [6.07, 6.45) is 6.33. The number of ether oxygens (including phenoxy) is 2. The van der Waals surface area contributed by atoms with Crippen LogP contribution in [0, 0.1) is 0 Å². The van der Waals surface area contributed by atoms with E-state index in [1.807, 2.05) is 10.9 Å². The van der Waals surface area contributed by atoms with Crippen molar-refractivity contribution >= 4 is 0 Å². The van der Waals surface area contributed by atoms with E-state index in [1.54, 1.807) is 7.11 Å². The fraction of sp³-hybridized carbons (Fsp3) is 0.750. The lowest BCUT2D eigenvalue weighted by molar-refractivity contribution is 0.0549. The van der Waals surface area contributed by atoms with Crippen LogP contribution in [0.3, 0.4) is 0 Å². The van der Waals surface area contributed by atoms with E-state index in [0.29, 0.717) is 6.04 Å². The Bertz CT molecular complexity index is 321. The number of methoxy groups -OCH3 is 1. The Kier molecular flexibility index (Phi) is 4.97. The minimum atomic E-state index is 0.413. The van der Waals surface area contributed by atoms with Crippen LogP contribution in [0.2, 0.25) is 0 Å². The van der Waals surface area contributed by atoms with Crippen molar-refractivity contribution in [3.63, 3.8) is 0 Å². The van der Waals surface area contributed by atoms with Gasteiger partial charge < -0.3 is 14.8 Å². The molecule has 0 amide bonds. The summed E-state index contributed by atoms with van der Waals surface area (Å²) < 4.78 is 12.5. The molecule has 1 aliphatic heterocycles. The van der Waals surface area contributed by atoms with E-state index in [4.69, 9.17) is 9.47 Å². The first-order valence-corrected chi connectivity index (χ1v) is 6.20. The van der Waals surface area contributed by atoms with Gasteiger partial charge in [0.1, 0.15) is 0 Å². The van der Waals surface area contributed by atoms with Crippen LogP contribution in [0.5, 0.6) is 0 Å². The lowest BCUT2D eigenvalue weighted by Crippen LogP contribution is -2.21. The number of nitrogens with one attached hydrogen (secondary N) is 1. The summed E-state index contributed by atoms with van der Waals surface area (Å²) in [5.41, 5.74) is 1.21. The van der Waals surface area contributed by atoms with Crippen LogP contribution >= 0.6 is 0 Å². The third-order valence-electron chi connectivity index (χ3n) is 2.98. The first-order chi connectivity index (χ1) is 8.40. The quantitative estimate of drug-likeness (QED) is 0.752. The summed E-state index contributed by atoms with van der Waals surface area (Å²) in [6, 6.07) is 0.413. The van der Waals surface area contributed by atoms with Crippen LogP contribution in [-0.2, 0) is 16.0 Å². The van der Waals surface area contributed by atoms with Crippen LogP contribution in [0.15, 0.2) is 12.4 Å². The van der Waals surface area contributed by atoms with Crippen molar-refractivity contribution in [1.82, 2.24) is 15.1 Å². The minimum absolute atomic E-state index is 0.413. The lowest BCUT2D eigenvalue weighted by atomic mass is 10.1. The summed E-state index contributed by atoms with van der Waals surface area (Å²) in [4.78, 5) is 0. The Balaban J connectivity index is 1.78. The maximum Gasteiger partial charge on any atom is 0.0753 e. The molecule has 1 N–H and O–H groups in total. The van der Waals surface area contributed by atoms with E-state index in [1.165, 1.54) is 5.56 Å². The first-order valence-electron chi connectivity index (χ1n) is 6.20. The van der Waals surface area contributed by atoms with Gasteiger partial charge in [-0.15, -0.1) is 0 Å². The van der Waals surface area contributed by atoms with Crippen molar-refractivity contribution in [3.05, 3.63) is 18.0 Å². The molecule has 17 heavy (non-hydrogen) atoms. The Morgan fingerprint density at radius 2 is 2.59 bits per heavy atom. The standard InChI is InChI=1S/C12H21N3O2/c1-16-6-4-13-7-11-8-14-15(9-11)12-3-2-5-17-10-12/h8-9,12-13H,2-7,10H2,1H3. The molecule has 1 aromatic rings. The normalized spacial score (nSPS) is 20.6. The average Bonchev–Trinajstić information content (AvgIpc) is 2.85. The van der Waals surface area contributed by atoms with Crippen molar-refractivity contribution < 1.29 is 9.47 Å². The third kappa shape index (κ3) is 3.80. The Morgan fingerprint density at radius 3 is 3.35 bits per heavy atom. The van der Waals surface area contributed by atoms with Crippen LogP contribution < -0.4 is 5.32 Å². The maximum absolute atomic E-state index is 5.47. The number of hydrogen-bond acceptors (Lipinski definition) is 4. The van der Waals surface area contributed by atoms with Gasteiger partial charge in [-0.25, -0.2) is 0 Å². The average molecular weight is 239 g/mol. The minimum Gasteiger partial charge on any atom is -0.383 e. The zero-order valence-corrected chi connectivity index (χ0v) is 10.4. The molecule has 96 valence electrons. The molecular weight excluding hydrogens is 218 g/mol. The molecule has 0 radical (unpaired) electrons. The molecule has 1 atom stereocenters. The van der Waals surface area contributed by atoms with Crippen LogP contribution in [0.25, 0.3) is 0 Å². The second kappa shape index (κ2) is 6.74. The van der Waals surface area contributed by atoms with Gasteiger partial charge in [0, 0.05) is 38.6 Å². The Morgan fingerprint density at radius 1 is 1.65 bits per heavy atom. The van der Waals surface area contributed by atoms with Gasteiger partial charge in [0.05, 0.1) is 25.5 Å².